The van der Waals surface area contributed by atoms with Gasteiger partial charge in [0.25, 0.3) is 5.43 Å². The molecule has 11 nitrogen and oxygen atoms in total. The molecule has 0 spiro atoms. The van der Waals surface area contributed by atoms with Crippen LogP contribution in [0.25, 0.3) is 11.1 Å². The molecule has 1 fully saturated rings. The van der Waals surface area contributed by atoms with Gasteiger partial charge >= 0.3 is 12.8 Å². The van der Waals surface area contributed by atoms with Crippen molar-refractivity contribution >= 4 is 34.0 Å². The van der Waals surface area contributed by atoms with Gasteiger partial charge in [0, 0.05) is 24.0 Å². The van der Waals surface area contributed by atoms with Gasteiger partial charge in [-0.2, -0.15) is 0 Å². The number of anilines is 1. The van der Waals surface area contributed by atoms with Gasteiger partial charge in [-0.1, -0.05) is 24.3 Å². The molecule has 0 aliphatic carbocycles. The first-order valence-corrected chi connectivity index (χ1v) is 13.4. The number of pyridine rings is 2. The molecule has 0 unspecified atom stereocenters. The number of nitro groups is 1. The highest BCUT2D eigenvalue weighted by Crippen LogP contribution is 2.36. The van der Waals surface area contributed by atoms with Crippen LogP contribution < -0.4 is 15.6 Å². The summed E-state index contributed by atoms with van der Waals surface area (Å²) in [5, 5.41) is 9.47. The lowest BCUT2D eigenvalue weighted by molar-refractivity contribution is -0.386. The summed E-state index contributed by atoms with van der Waals surface area (Å²) >= 11 is 0. The van der Waals surface area contributed by atoms with Crippen LogP contribution in [0.1, 0.15) is 41.5 Å². The number of H-pyrrole nitrogens is 1. The van der Waals surface area contributed by atoms with Crippen LogP contribution in [-0.2, 0) is 19.3 Å². The summed E-state index contributed by atoms with van der Waals surface area (Å²) in [6, 6.07) is 10.7. The Hall–Kier alpha value is -3.55. The van der Waals surface area contributed by atoms with E-state index in [0.29, 0.717) is 5.69 Å². The first kappa shape index (κ1) is 29.0. The second kappa shape index (κ2) is 11.1. The summed E-state index contributed by atoms with van der Waals surface area (Å²) in [5.74, 6) is 0. The number of aromatic nitrogens is 2. The molecule has 1 saturated heterocycles. The maximum atomic E-state index is 12.3. The summed E-state index contributed by atoms with van der Waals surface area (Å²) in [6.45, 7) is 11.4. The molecule has 3 heterocycles. The van der Waals surface area contributed by atoms with Crippen LogP contribution in [0, 0.1) is 10.1 Å². The molecule has 2 aromatic heterocycles. The molecule has 3 aromatic rings. The number of benzene rings is 1. The minimum Gasteiger partial charge on any atom is -0.399 e. The summed E-state index contributed by atoms with van der Waals surface area (Å²) < 4.78 is 39.3. The predicted octanol–water partition coefficient (Wildman–Crippen LogP) is 3.48. The molecule has 13 heteroatoms. The van der Waals surface area contributed by atoms with Crippen LogP contribution in [0.5, 0.6) is 0 Å². The smallest absolute Gasteiger partial charge is 0.399 e. The summed E-state index contributed by atoms with van der Waals surface area (Å²) in [6.07, 6.45) is 5.57. The second-order valence-corrected chi connectivity index (χ2v) is 12.2. The lowest BCUT2D eigenvalue weighted by Crippen LogP contribution is -2.41. The number of hydrogen-bond acceptors (Lipinski definition) is 8. The third-order valence-electron chi connectivity index (χ3n) is 6.44. The van der Waals surface area contributed by atoms with Crippen LogP contribution in [0.2, 0.25) is 0 Å². The standard InChI is InChI=1S/C20H27BN2O4S.C5H4N2O3/c1-14(2)28(24,25)23-18-13-22-12-11-17(18)15-7-9-16(10-8-15)21-26-19(3,4)20(5,6)27-21;8-5-1-2-6-3-4(5)7(9)10/h7-14,23H,1-6H3;1-3H,(H,6,8). The third-order valence-corrected chi connectivity index (χ3v) is 8.19. The first-order chi connectivity index (χ1) is 17.6. The molecular formula is C25H31BN4O7S. The highest BCUT2D eigenvalue weighted by molar-refractivity contribution is 7.93. The molecule has 2 N–H and O–H groups in total. The average molecular weight is 542 g/mol. The highest BCUT2D eigenvalue weighted by atomic mass is 32.2. The van der Waals surface area contributed by atoms with E-state index < -0.39 is 49.6 Å². The van der Waals surface area contributed by atoms with Crippen molar-refractivity contribution in [2.24, 2.45) is 0 Å². The van der Waals surface area contributed by atoms with Crippen molar-refractivity contribution in [1.82, 2.24) is 9.97 Å². The molecule has 38 heavy (non-hydrogen) atoms. The molecule has 0 amide bonds. The Morgan fingerprint density at radius 1 is 1.05 bits per heavy atom. The molecule has 1 aliphatic rings. The Morgan fingerprint density at radius 3 is 2.16 bits per heavy atom. The van der Waals surface area contributed by atoms with Gasteiger partial charge < -0.3 is 14.3 Å². The van der Waals surface area contributed by atoms with Gasteiger partial charge in [0.2, 0.25) is 10.0 Å². The fraction of sp³-hybridized carbons (Fsp3) is 0.360. The molecule has 202 valence electrons. The van der Waals surface area contributed by atoms with E-state index in [1.165, 1.54) is 12.4 Å². The quantitative estimate of drug-likeness (QED) is 0.273. The van der Waals surface area contributed by atoms with Gasteiger partial charge in [0.05, 0.1) is 39.5 Å². The van der Waals surface area contributed by atoms with E-state index in [9.17, 15) is 23.3 Å². The van der Waals surface area contributed by atoms with Gasteiger partial charge in [-0.15, -0.1) is 0 Å². The second-order valence-electron chi connectivity index (χ2n) is 9.98. The molecule has 1 aliphatic heterocycles. The summed E-state index contributed by atoms with van der Waals surface area (Å²) in [4.78, 5) is 26.4. The molecule has 0 bridgehead atoms. The largest absolute Gasteiger partial charge is 0.494 e. The number of nitrogens with one attached hydrogen (secondary N) is 2. The fourth-order valence-corrected chi connectivity index (χ4v) is 4.05. The van der Waals surface area contributed by atoms with E-state index in [0.717, 1.165) is 28.9 Å². The zero-order valence-electron chi connectivity index (χ0n) is 22.1. The Bertz CT molecular complexity index is 1440. The van der Waals surface area contributed by atoms with Crippen LogP contribution >= 0.6 is 0 Å². The van der Waals surface area contributed by atoms with Gasteiger partial charge in [0.1, 0.15) is 0 Å². The van der Waals surface area contributed by atoms with E-state index in [2.05, 4.69) is 14.7 Å². The van der Waals surface area contributed by atoms with E-state index in [1.54, 1.807) is 26.1 Å². The SMILES string of the molecule is CC(C)S(=O)(=O)Nc1cnccc1-c1ccc(B2OC(C)(C)C(C)(C)O2)cc1.O=c1cc[nH]cc1[N+](=O)[O-]. The Kier molecular flexibility index (Phi) is 8.44. The van der Waals surface area contributed by atoms with Crippen LogP contribution in [-0.4, -0.2) is 46.9 Å². The molecular weight excluding hydrogens is 511 g/mol. The lowest BCUT2D eigenvalue weighted by Gasteiger charge is -2.32. The number of hydrogen-bond donors (Lipinski definition) is 2. The summed E-state index contributed by atoms with van der Waals surface area (Å²) in [5.41, 5.74) is 1.21. The van der Waals surface area contributed by atoms with Crippen molar-refractivity contribution in [3.05, 3.63) is 81.5 Å². The van der Waals surface area contributed by atoms with Crippen LogP contribution in [0.4, 0.5) is 11.4 Å². The first-order valence-electron chi connectivity index (χ1n) is 11.9. The number of rotatable bonds is 6. The predicted molar refractivity (Wildman–Crippen MR) is 147 cm³/mol. The zero-order valence-corrected chi connectivity index (χ0v) is 22.9. The van der Waals surface area contributed by atoms with Crippen molar-refractivity contribution in [1.29, 1.82) is 0 Å². The van der Waals surface area contributed by atoms with E-state index in [-0.39, 0.29) is 0 Å². The minimum absolute atomic E-state index is 0.399. The Labute approximate surface area is 222 Å². The maximum Gasteiger partial charge on any atom is 0.494 e. The van der Waals surface area contributed by atoms with Gasteiger partial charge in [-0.25, -0.2) is 8.42 Å². The zero-order chi connectivity index (χ0) is 28.3. The number of sulfonamides is 1. The monoisotopic (exact) mass is 542 g/mol. The number of aromatic amines is 1. The molecule has 1 aromatic carbocycles. The topological polar surface area (TPSA) is 154 Å². The fourth-order valence-electron chi connectivity index (χ4n) is 3.35. The maximum absolute atomic E-state index is 12.3. The Morgan fingerprint density at radius 2 is 1.66 bits per heavy atom. The Balaban J connectivity index is 0.000000336. The van der Waals surface area contributed by atoms with Crippen molar-refractivity contribution in [2.75, 3.05) is 4.72 Å². The van der Waals surface area contributed by atoms with Crippen LogP contribution in [0.3, 0.4) is 0 Å². The van der Waals surface area contributed by atoms with Gasteiger partial charge in [-0.05, 0) is 58.6 Å². The average Bonchev–Trinajstić information content (AvgIpc) is 3.06. The lowest BCUT2D eigenvalue weighted by atomic mass is 9.78. The molecule has 4 rings (SSSR count). The molecule has 0 atom stereocenters. The van der Waals surface area contributed by atoms with E-state index in [4.69, 9.17) is 9.31 Å². The van der Waals surface area contributed by atoms with Crippen LogP contribution in [0.15, 0.2) is 66.0 Å². The third kappa shape index (κ3) is 6.47. The van der Waals surface area contributed by atoms with Crippen molar-refractivity contribution in [3.63, 3.8) is 0 Å². The summed E-state index contributed by atoms with van der Waals surface area (Å²) in [7, 11) is -3.89. The van der Waals surface area contributed by atoms with E-state index in [1.807, 2.05) is 52.0 Å². The van der Waals surface area contributed by atoms with Gasteiger partial charge in [0.15, 0.2) is 0 Å². The number of nitrogens with zero attached hydrogens (tertiary/aromatic N) is 2. The van der Waals surface area contributed by atoms with Gasteiger partial charge in [-0.3, -0.25) is 24.6 Å². The van der Waals surface area contributed by atoms with E-state index >= 15 is 0 Å². The molecule has 0 radical (unpaired) electrons. The van der Waals surface area contributed by atoms with Crippen molar-refractivity contribution in [2.45, 2.75) is 58.0 Å². The van der Waals surface area contributed by atoms with Crippen molar-refractivity contribution < 1.29 is 22.6 Å². The van der Waals surface area contributed by atoms with Crippen molar-refractivity contribution in [3.8, 4) is 11.1 Å². The highest BCUT2D eigenvalue weighted by Gasteiger charge is 2.51. The molecule has 0 saturated carbocycles. The normalized spacial score (nSPS) is 16.0. The minimum atomic E-state index is -3.46.